The van der Waals surface area contributed by atoms with Crippen LogP contribution in [-0.2, 0) is 17.6 Å². The molecule has 3 aromatic rings. The number of nitrogens with zero attached hydrogens (tertiary/aromatic N) is 2. The van der Waals surface area contributed by atoms with Crippen LogP contribution in [-0.4, -0.2) is 29.2 Å². The normalized spacial score (nSPS) is 10.5. The van der Waals surface area contributed by atoms with Gasteiger partial charge < -0.3 is 14.6 Å². The van der Waals surface area contributed by atoms with Crippen LogP contribution in [0, 0.1) is 0 Å². The summed E-state index contributed by atoms with van der Waals surface area (Å²) in [6.45, 7) is 2.53. The van der Waals surface area contributed by atoms with Crippen LogP contribution in [0.5, 0.6) is 5.75 Å². The topological polar surface area (TPSA) is 77.2 Å². The molecule has 0 aliphatic rings. The molecule has 0 saturated carbocycles. The number of benzene rings is 2. The summed E-state index contributed by atoms with van der Waals surface area (Å²) < 4.78 is 10.7. The van der Waals surface area contributed by atoms with E-state index in [1.807, 2.05) is 49.4 Å². The Balaban J connectivity index is 1.43. The maximum Gasteiger partial charge on any atom is 0.257 e. The van der Waals surface area contributed by atoms with Crippen molar-refractivity contribution in [3.8, 4) is 17.2 Å². The Hall–Kier alpha value is -3.15. The number of rotatable bonds is 8. The third kappa shape index (κ3) is 4.92. The molecule has 6 heteroatoms. The lowest BCUT2D eigenvalue weighted by Gasteiger charge is -2.08. The van der Waals surface area contributed by atoms with Crippen molar-refractivity contribution < 1.29 is 14.1 Å². The molecule has 134 valence electrons. The highest BCUT2D eigenvalue weighted by atomic mass is 16.5. The molecule has 1 N–H and O–H groups in total. The van der Waals surface area contributed by atoms with Gasteiger partial charge in [0.2, 0.25) is 0 Å². The van der Waals surface area contributed by atoms with Crippen molar-refractivity contribution in [2.45, 2.75) is 19.8 Å². The van der Waals surface area contributed by atoms with Crippen LogP contribution in [0.4, 0.5) is 0 Å². The maximum absolute atomic E-state index is 11.9. The van der Waals surface area contributed by atoms with E-state index in [2.05, 4.69) is 15.5 Å². The third-order valence-corrected chi connectivity index (χ3v) is 3.83. The number of hydrogen-bond donors (Lipinski definition) is 1. The van der Waals surface area contributed by atoms with Gasteiger partial charge >= 0.3 is 0 Å². The standard InChI is InChI=1S/C20H21N3O3/c1-2-18-22-20(26-23-18)16-8-10-17(11-9-16)25-14-19(24)21-13-12-15-6-4-3-5-7-15/h3-11H,2,12-14H2,1H3,(H,21,24). The lowest BCUT2D eigenvalue weighted by Crippen LogP contribution is -2.30. The highest BCUT2D eigenvalue weighted by molar-refractivity contribution is 5.77. The fourth-order valence-electron chi connectivity index (χ4n) is 2.40. The van der Waals surface area contributed by atoms with Gasteiger partial charge in [0.25, 0.3) is 11.8 Å². The van der Waals surface area contributed by atoms with Crippen LogP contribution in [0.2, 0.25) is 0 Å². The van der Waals surface area contributed by atoms with Crippen LogP contribution < -0.4 is 10.1 Å². The number of aromatic nitrogens is 2. The summed E-state index contributed by atoms with van der Waals surface area (Å²) in [5.74, 6) is 1.62. The molecule has 0 unspecified atom stereocenters. The highest BCUT2D eigenvalue weighted by Crippen LogP contribution is 2.20. The van der Waals surface area contributed by atoms with E-state index in [0.29, 0.717) is 24.0 Å². The predicted octanol–water partition coefficient (Wildman–Crippen LogP) is 3.04. The second-order valence-electron chi connectivity index (χ2n) is 5.77. The monoisotopic (exact) mass is 351 g/mol. The van der Waals surface area contributed by atoms with Gasteiger partial charge in [0, 0.05) is 18.5 Å². The van der Waals surface area contributed by atoms with Gasteiger partial charge in [-0.15, -0.1) is 0 Å². The van der Waals surface area contributed by atoms with Crippen molar-refractivity contribution in [3.63, 3.8) is 0 Å². The van der Waals surface area contributed by atoms with E-state index < -0.39 is 0 Å². The first-order valence-electron chi connectivity index (χ1n) is 8.61. The fraction of sp³-hybridized carbons (Fsp3) is 0.250. The Morgan fingerprint density at radius 2 is 1.88 bits per heavy atom. The molecule has 2 aromatic carbocycles. The van der Waals surface area contributed by atoms with E-state index in [9.17, 15) is 4.79 Å². The first-order chi connectivity index (χ1) is 12.7. The number of aryl methyl sites for hydroxylation is 1. The second kappa shape index (κ2) is 8.80. The lowest BCUT2D eigenvalue weighted by atomic mass is 10.1. The summed E-state index contributed by atoms with van der Waals surface area (Å²) in [7, 11) is 0. The van der Waals surface area contributed by atoms with Gasteiger partial charge in [-0.1, -0.05) is 42.4 Å². The summed E-state index contributed by atoms with van der Waals surface area (Å²) >= 11 is 0. The molecule has 0 fully saturated rings. The molecule has 0 bridgehead atoms. The fourth-order valence-corrected chi connectivity index (χ4v) is 2.40. The zero-order valence-electron chi connectivity index (χ0n) is 14.6. The van der Waals surface area contributed by atoms with Gasteiger partial charge in [-0.2, -0.15) is 4.98 Å². The van der Waals surface area contributed by atoms with E-state index in [0.717, 1.165) is 18.4 Å². The quantitative estimate of drug-likeness (QED) is 0.675. The van der Waals surface area contributed by atoms with Crippen LogP contribution in [0.3, 0.4) is 0 Å². The van der Waals surface area contributed by atoms with E-state index >= 15 is 0 Å². The van der Waals surface area contributed by atoms with Crippen molar-refractivity contribution in [1.29, 1.82) is 0 Å². The van der Waals surface area contributed by atoms with Crippen LogP contribution in [0.1, 0.15) is 18.3 Å². The summed E-state index contributed by atoms with van der Waals surface area (Å²) in [6, 6.07) is 17.2. The molecule has 3 rings (SSSR count). The smallest absolute Gasteiger partial charge is 0.257 e. The van der Waals surface area contributed by atoms with Crippen LogP contribution in [0.15, 0.2) is 59.1 Å². The van der Waals surface area contributed by atoms with Gasteiger partial charge in [-0.25, -0.2) is 0 Å². The Morgan fingerprint density at radius 1 is 1.12 bits per heavy atom. The molecular formula is C20H21N3O3. The molecule has 1 aromatic heterocycles. The average Bonchev–Trinajstić information content (AvgIpc) is 3.17. The maximum atomic E-state index is 11.9. The van der Waals surface area contributed by atoms with Gasteiger partial charge in [-0.05, 0) is 36.2 Å². The molecule has 6 nitrogen and oxygen atoms in total. The summed E-state index contributed by atoms with van der Waals surface area (Å²) in [6.07, 6.45) is 1.52. The van der Waals surface area contributed by atoms with E-state index in [1.165, 1.54) is 5.56 Å². The first kappa shape index (κ1) is 17.7. The van der Waals surface area contributed by atoms with E-state index in [1.54, 1.807) is 12.1 Å². The third-order valence-electron chi connectivity index (χ3n) is 3.83. The van der Waals surface area contributed by atoms with Gasteiger partial charge in [0.15, 0.2) is 12.4 Å². The average molecular weight is 351 g/mol. The van der Waals surface area contributed by atoms with Gasteiger partial charge in [0.1, 0.15) is 5.75 Å². The number of ether oxygens (including phenoxy) is 1. The molecule has 0 saturated heterocycles. The lowest BCUT2D eigenvalue weighted by molar-refractivity contribution is -0.123. The first-order valence-corrected chi connectivity index (χ1v) is 8.61. The minimum atomic E-state index is -0.144. The molecule has 0 atom stereocenters. The minimum absolute atomic E-state index is 0.0192. The number of carbonyl (C=O) groups is 1. The van der Waals surface area contributed by atoms with Crippen molar-refractivity contribution in [1.82, 2.24) is 15.5 Å². The van der Waals surface area contributed by atoms with Gasteiger partial charge in [-0.3, -0.25) is 4.79 Å². The largest absolute Gasteiger partial charge is 0.484 e. The summed E-state index contributed by atoms with van der Waals surface area (Å²) in [5.41, 5.74) is 2.01. The SMILES string of the molecule is CCc1noc(-c2ccc(OCC(=O)NCCc3ccccc3)cc2)n1. The Kier molecular flexibility index (Phi) is 5.98. The van der Waals surface area contributed by atoms with Crippen molar-refractivity contribution in [3.05, 3.63) is 66.0 Å². The minimum Gasteiger partial charge on any atom is -0.484 e. The zero-order valence-corrected chi connectivity index (χ0v) is 14.6. The molecule has 0 spiro atoms. The van der Waals surface area contributed by atoms with Crippen LogP contribution in [0.25, 0.3) is 11.5 Å². The predicted molar refractivity (Wildman–Crippen MR) is 97.8 cm³/mol. The van der Waals surface area contributed by atoms with Crippen molar-refractivity contribution in [2.75, 3.05) is 13.2 Å². The molecule has 0 radical (unpaired) electrons. The molecular weight excluding hydrogens is 330 g/mol. The second-order valence-corrected chi connectivity index (χ2v) is 5.77. The van der Waals surface area contributed by atoms with E-state index in [4.69, 9.17) is 9.26 Å². The van der Waals surface area contributed by atoms with Crippen molar-refractivity contribution >= 4 is 5.91 Å². The Labute approximate surface area is 152 Å². The summed E-state index contributed by atoms with van der Waals surface area (Å²) in [4.78, 5) is 16.1. The number of nitrogens with one attached hydrogen (secondary N) is 1. The zero-order chi connectivity index (χ0) is 18.2. The molecule has 26 heavy (non-hydrogen) atoms. The Morgan fingerprint density at radius 3 is 2.58 bits per heavy atom. The summed E-state index contributed by atoms with van der Waals surface area (Å²) in [5, 5.41) is 6.72. The molecule has 0 aliphatic carbocycles. The molecule has 0 aliphatic heterocycles. The number of carbonyl (C=O) groups excluding carboxylic acids is 1. The van der Waals surface area contributed by atoms with Crippen LogP contribution >= 0.6 is 0 Å². The Bertz CT molecular complexity index is 829. The van der Waals surface area contributed by atoms with E-state index in [-0.39, 0.29) is 12.5 Å². The molecule has 1 amide bonds. The van der Waals surface area contributed by atoms with Crippen molar-refractivity contribution in [2.24, 2.45) is 0 Å². The number of hydrogen-bond acceptors (Lipinski definition) is 5. The number of amides is 1. The highest BCUT2D eigenvalue weighted by Gasteiger charge is 2.08. The molecule has 1 heterocycles. The van der Waals surface area contributed by atoms with Gasteiger partial charge in [0.05, 0.1) is 0 Å².